The van der Waals surface area contributed by atoms with E-state index >= 15 is 0 Å². The van der Waals surface area contributed by atoms with Gasteiger partial charge in [-0.3, -0.25) is 9.59 Å². The lowest BCUT2D eigenvalue weighted by Gasteiger charge is -2.60. The van der Waals surface area contributed by atoms with Gasteiger partial charge in [0.1, 0.15) is 0 Å². The Morgan fingerprint density at radius 3 is 2.52 bits per heavy atom. The van der Waals surface area contributed by atoms with Crippen LogP contribution in [-0.2, 0) is 4.79 Å². The Kier molecular flexibility index (Phi) is 3.98. The molecule has 0 radical (unpaired) electrons. The summed E-state index contributed by atoms with van der Waals surface area (Å²) in [5, 5.41) is 2.97. The van der Waals surface area contributed by atoms with E-state index in [1.807, 2.05) is 19.1 Å². The molecule has 5 heteroatoms. The molecule has 3 N–H and O–H groups in total. The summed E-state index contributed by atoms with van der Waals surface area (Å²) in [4.78, 5) is 24.6. The van der Waals surface area contributed by atoms with Gasteiger partial charge in [-0.15, -0.1) is 0 Å². The lowest BCUT2D eigenvalue weighted by Crippen LogP contribution is -2.53. The number of nitrogens with two attached hydrogens (primary N) is 1. The number of hydrogen-bond acceptors (Lipinski definition) is 2. The van der Waals surface area contributed by atoms with Gasteiger partial charge in [-0.2, -0.15) is 0 Å². The number of amides is 2. The highest BCUT2D eigenvalue weighted by molar-refractivity contribution is 9.10. The molecule has 0 aromatic heterocycles. The number of carbonyl (C=O) groups excluding carboxylic acids is 2. The van der Waals surface area contributed by atoms with Gasteiger partial charge < -0.3 is 11.1 Å². The molecule has 0 spiro atoms. The van der Waals surface area contributed by atoms with E-state index in [1.54, 1.807) is 6.07 Å². The number of anilines is 1. The predicted octanol–water partition coefficient (Wildman–Crippen LogP) is 4.16. The number of aryl methyl sites for hydroxylation is 1. The van der Waals surface area contributed by atoms with Crippen molar-refractivity contribution in [2.45, 2.75) is 56.2 Å². The van der Waals surface area contributed by atoms with Crippen molar-refractivity contribution in [3.8, 4) is 0 Å². The largest absolute Gasteiger partial charge is 0.366 e. The maximum atomic E-state index is 12.8. The molecule has 2 unspecified atom stereocenters. The van der Waals surface area contributed by atoms with E-state index < -0.39 is 5.91 Å². The number of alkyl halides is 1. The SMILES string of the molecule is Cc1cccc(NC(=O)CC23CC4CC(CC(Br)(C4)C2)C3)c1C(N)=O. The quantitative estimate of drug-likeness (QED) is 0.739. The van der Waals surface area contributed by atoms with E-state index in [0.29, 0.717) is 17.7 Å². The van der Waals surface area contributed by atoms with E-state index in [4.69, 9.17) is 5.73 Å². The molecule has 4 bridgehead atoms. The maximum absolute atomic E-state index is 12.8. The second-order valence-electron chi connectivity index (χ2n) is 8.70. The summed E-state index contributed by atoms with van der Waals surface area (Å²) >= 11 is 4.00. The number of primary amides is 1. The van der Waals surface area contributed by atoms with Crippen LogP contribution in [0.15, 0.2) is 18.2 Å². The number of hydrogen-bond donors (Lipinski definition) is 2. The topological polar surface area (TPSA) is 72.2 Å². The van der Waals surface area contributed by atoms with Crippen LogP contribution >= 0.6 is 15.9 Å². The van der Waals surface area contributed by atoms with Gasteiger partial charge in [0.25, 0.3) is 5.91 Å². The fraction of sp³-hybridized carbons (Fsp3) is 0.600. The summed E-state index contributed by atoms with van der Waals surface area (Å²) in [6, 6.07) is 5.44. The van der Waals surface area contributed by atoms with Crippen LogP contribution in [0.5, 0.6) is 0 Å². The molecule has 134 valence electrons. The summed E-state index contributed by atoms with van der Waals surface area (Å²) in [5.74, 6) is 1.02. The zero-order chi connectivity index (χ0) is 17.8. The summed E-state index contributed by atoms with van der Waals surface area (Å²) in [6.07, 6.45) is 7.82. The summed E-state index contributed by atoms with van der Waals surface area (Å²) < 4.78 is 0.249. The van der Waals surface area contributed by atoms with Crippen LogP contribution in [-0.4, -0.2) is 16.1 Å². The minimum atomic E-state index is -0.498. The molecule has 4 fully saturated rings. The molecular weight excluding hydrogens is 380 g/mol. The number of nitrogens with one attached hydrogen (secondary N) is 1. The highest BCUT2D eigenvalue weighted by Crippen LogP contribution is 2.65. The lowest BCUT2D eigenvalue weighted by molar-refractivity contribution is -0.123. The van der Waals surface area contributed by atoms with Crippen molar-refractivity contribution in [1.29, 1.82) is 0 Å². The molecule has 4 aliphatic carbocycles. The molecule has 4 nitrogen and oxygen atoms in total. The number of benzene rings is 1. The second-order valence-corrected chi connectivity index (χ2v) is 10.4. The smallest absolute Gasteiger partial charge is 0.251 e. The minimum absolute atomic E-state index is 0.00569. The monoisotopic (exact) mass is 404 g/mol. The van der Waals surface area contributed by atoms with Crippen molar-refractivity contribution in [2.24, 2.45) is 23.0 Å². The van der Waals surface area contributed by atoms with E-state index in [-0.39, 0.29) is 15.6 Å². The molecule has 5 rings (SSSR count). The van der Waals surface area contributed by atoms with Gasteiger partial charge in [-0.1, -0.05) is 28.1 Å². The standard InChI is InChI=1S/C20H25BrN2O2/c1-12-3-2-4-15(17(12)18(22)25)23-16(24)10-19-6-13-5-14(7-19)9-20(21,8-13)11-19/h2-4,13-14H,5-11H2,1H3,(H2,22,25)(H,23,24). The fourth-order valence-electron chi connectivity index (χ4n) is 6.18. The normalized spacial score (nSPS) is 35.6. The second kappa shape index (κ2) is 5.83. The molecule has 25 heavy (non-hydrogen) atoms. The van der Waals surface area contributed by atoms with Gasteiger partial charge in [-0.05, 0) is 74.3 Å². The zero-order valence-electron chi connectivity index (χ0n) is 14.6. The van der Waals surface area contributed by atoms with E-state index in [9.17, 15) is 9.59 Å². The first kappa shape index (κ1) is 17.1. The average Bonchev–Trinajstić information content (AvgIpc) is 2.42. The summed E-state index contributed by atoms with van der Waals surface area (Å²) in [7, 11) is 0. The molecule has 4 aliphatic rings. The van der Waals surface area contributed by atoms with Gasteiger partial charge in [0.15, 0.2) is 0 Å². The zero-order valence-corrected chi connectivity index (χ0v) is 16.2. The van der Waals surface area contributed by atoms with Crippen LogP contribution in [0.3, 0.4) is 0 Å². The first-order valence-electron chi connectivity index (χ1n) is 9.16. The minimum Gasteiger partial charge on any atom is -0.366 e. The van der Waals surface area contributed by atoms with Crippen LogP contribution in [0.2, 0.25) is 0 Å². The van der Waals surface area contributed by atoms with Crippen LogP contribution in [0.4, 0.5) is 5.69 Å². The van der Waals surface area contributed by atoms with Crippen LogP contribution < -0.4 is 11.1 Å². The van der Waals surface area contributed by atoms with Crippen molar-refractivity contribution >= 4 is 33.4 Å². The van der Waals surface area contributed by atoms with E-state index in [2.05, 4.69) is 21.2 Å². The number of halogens is 1. The van der Waals surface area contributed by atoms with Gasteiger partial charge in [0.05, 0.1) is 11.3 Å². The highest BCUT2D eigenvalue weighted by Gasteiger charge is 2.57. The maximum Gasteiger partial charge on any atom is 0.251 e. The van der Waals surface area contributed by atoms with Gasteiger partial charge in [-0.25, -0.2) is 0 Å². The molecule has 0 aliphatic heterocycles. The number of rotatable bonds is 4. The third-order valence-corrected chi connectivity index (χ3v) is 7.37. The van der Waals surface area contributed by atoms with Crippen molar-refractivity contribution in [2.75, 3.05) is 5.32 Å². The third kappa shape index (κ3) is 3.12. The molecule has 2 amide bonds. The van der Waals surface area contributed by atoms with Crippen LogP contribution in [0, 0.1) is 24.2 Å². The van der Waals surface area contributed by atoms with Crippen LogP contribution in [0.1, 0.15) is 60.9 Å². The van der Waals surface area contributed by atoms with Gasteiger partial charge in [0.2, 0.25) is 5.91 Å². The van der Waals surface area contributed by atoms with Crippen molar-refractivity contribution < 1.29 is 9.59 Å². The Morgan fingerprint density at radius 2 is 1.92 bits per heavy atom. The molecule has 4 saturated carbocycles. The van der Waals surface area contributed by atoms with Gasteiger partial charge in [0, 0.05) is 10.7 Å². The molecule has 1 aromatic carbocycles. The molecule has 2 atom stereocenters. The van der Waals surface area contributed by atoms with Gasteiger partial charge >= 0.3 is 0 Å². The van der Waals surface area contributed by atoms with Crippen molar-refractivity contribution in [1.82, 2.24) is 0 Å². The Balaban J connectivity index is 1.52. The Morgan fingerprint density at radius 1 is 1.24 bits per heavy atom. The first-order valence-corrected chi connectivity index (χ1v) is 9.95. The lowest BCUT2D eigenvalue weighted by atomic mass is 9.48. The molecule has 0 saturated heterocycles. The summed E-state index contributed by atoms with van der Waals surface area (Å²) in [6.45, 7) is 1.84. The van der Waals surface area contributed by atoms with Crippen molar-refractivity contribution in [3.63, 3.8) is 0 Å². The highest BCUT2D eigenvalue weighted by atomic mass is 79.9. The Bertz CT molecular complexity index is 731. The molecule has 0 heterocycles. The third-order valence-electron chi connectivity index (χ3n) is 6.44. The first-order chi connectivity index (χ1) is 11.8. The van der Waals surface area contributed by atoms with E-state index in [1.165, 1.54) is 32.1 Å². The fourth-order valence-corrected chi connectivity index (χ4v) is 7.69. The summed E-state index contributed by atoms with van der Waals surface area (Å²) in [5.41, 5.74) is 7.36. The molecule has 1 aromatic rings. The van der Waals surface area contributed by atoms with E-state index in [0.717, 1.165) is 23.8 Å². The molecular formula is C20H25BrN2O2. The van der Waals surface area contributed by atoms with Crippen molar-refractivity contribution in [3.05, 3.63) is 29.3 Å². The Hall–Kier alpha value is -1.36. The average molecular weight is 405 g/mol. The van der Waals surface area contributed by atoms with Crippen LogP contribution in [0.25, 0.3) is 0 Å². The number of carbonyl (C=O) groups is 2. The predicted molar refractivity (Wildman–Crippen MR) is 102 cm³/mol. The Labute approximate surface area is 157 Å².